The number of aryl methyl sites for hydroxylation is 1. The van der Waals surface area contributed by atoms with Crippen LogP contribution >= 0.6 is 28.1 Å². The predicted octanol–water partition coefficient (Wildman–Crippen LogP) is 4.28. The zero-order chi connectivity index (χ0) is 20.4. The van der Waals surface area contributed by atoms with E-state index in [0.717, 1.165) is 21.2 Å². The van der Waals surface area contributed by atoms with Crippen LogP contribution in [-0.2, 0) is 16.1 Å². The smallest absolute Gasteiger partial charge is 0.242 e. The monoisotopic (exact) mass is 472 g/mol. The highest BCUT2D eigenvalue weighted by atomic mass is 79.9. The minimum Gasteiger partial charge on any atom is -0.370 e. The van der Waals surface area contributed by atoms with Crippen LogP contribution in [0.2, 0.25) is 0 Å². The van der Waals surface area contributed by atoms with Crippen LogP contribution in [0, 0.1) is 11.7 Å². The molecule has 1 unspecified atom stereocenters. The van der Waals surface area contributed by atoms with E-state index in [-0.39, 0.29) is 18.6 Å². The zero-order valence-corrected chi connectivity index (χ0v) is 18.4. The van der Waals surface area contributed by atoms with Crippen molar-refractivity contribution < 1.29 is 9.53 Å². The molecule has 0 aliphatic carbocycles. The number of aromatic amines is 1. The summed E-state index contributed by atoms with van der Waals surface area (Å²) >= 11 is 8.83. The molecule has 1 amide bonds. The van der Waals surface area contributed by atoms with E-state index in [2.05, 4.69) is 26.1 Å². The van der Waals surface area contributed by atoms with Crippen LogP contribution < -0.4 is 0 Å². The Morgan fingerprint density at radius 2 is 2.10 bits per heavy atom. The summed E-state index contributed by atoms with van der Waals surface area (Å²) in [5.41, 5.74) is 3.12. The molecular formula is C21H21BrN4O2S. The number of nitrogens with zero attached hydrogens (tertiary/aromatic N) is 3. The first-order chi connectivity index (χ1) is 14.0. The van der Waals surface area contributed by atoms with Gasteiger partial charge < -0.3 is 9.64 Å². The van der Waals surface area contributed by atoms with Crippen molar-refractivity contribution in [3.05, 3.63) is 68.9 Å². The van der Waals surface area contributed by atoms with Crippen molar-refractivity contribution in [1.82, 2.24) is 19.7 Å². The first-order valence-corrected chi connectivity index (χ1v) is 10.6. The minimum absolute atomic E-state index is 0.00168. The summed E-state index contributed by atoms with van der Waals surface area (Å²) in [4.78, 5) is 14.9. The first-order valence-electron chi connectivity index (χ1n) is 9.38. The van der Waals surface area contributed by atoms with Crippen LogP contribution in [0.5, 0.6) is 0 Å². The van der Waals surface area contributed by atoms with Gasteiger partial charge in [-0.15, -0.1) is 0 Å². The summed E-state index contributed by atoms with van der Waals surface area (Å²) in [6.07, 6.45) is -0.130. The highest BCUT2D eigenvalue weighted by molar-refractivity contribution is 9.10. The van der Waals surface area contributed by atoms with Gasteiger partial charge in [-0.2, -0.15) is 5.10 Å². The number of amides is 1. The third kappa shape index (κ3) is 4.49. The van der Waals surface area contributed by atoms with Gasteiger partial charge in [-0.3, -0.25) is 14.5 Å². The van der Waals surface area contributed by atoms with Gasteiger partial charge in [0, 0.05) is 16.6 Å². The summed E-state index contributed by atoms with van der Waals surface area (Å²) < 4.78 is 9.11. The molecule has 1 atom stereocenters. The number of benzene rings is 2. The standard InChI is InChI=1S/C21H21BrN4O2S/c1-14-3-2-4-16(11-14)20-23-24-21(29)26(20)13-19(27)25-9-10-28-18(12-25)15-5-7-17(22)8-6-15/h2-8,11,18H,9-10,12-13H2,1H3,(H,24,29). The van der Waals surface area contributed by atoms with E-state index in [0.29, 0.717) is 30.3 Å². The molecule has 1 aliphatic rings. The molecule has 0 saturated carbocycles. The van der Waals surface area contributed by atoms with Crippen LogP contribution in [0.15, 0.2) is 53.0 Å². The molecule has 29 heavy (non-hydrogen) atoms. The van der Waals surface area contributed by atoms with E-state index >= 15 is 0 Å². The Labute approximate surface area is 182 Å². The summed E-state index contributed by atoms with van der Waals surface area (Å²) in [5.74, 6) is 0.673. The van der Waals surface area contributed by atoms with Gasteiger partial charge in [0.25, 0.3) is 0 Å². The maximum Gasteiger partial charge on any atom is 0.242 e. The van der Waals surface area contributed by atoms with Crippen molar-refractivity contribution in [2.24, 2.45) is 0 Å². The maximum absolute atomic E-state index is 13.1. The third-order valence-corrected chi connectivity index (χ3v) is 5.83. The second-order valence-electron chi connectivity index (χ2n) is 7.06. The molecule has 1 N–H and O–H groups in total. The van der Waals surface area contributed by atoms with E-state index in [1.807, 2.05) is 60.4 Å². The largest absolute Gasteiger partial charge is 0.370 e. The lowest BCUT2D eigenvalue weighted by molar-refractivity contribution is -0.139. The molecule has 150 valence electrons. The second-order valence-corrected chi connectivity index (χ2v) is 8.36. The fraction of sp³-hybridized carbons (Fsp3) is 0.286. The highest BCUT2D eigenvalue weighted by Gasteiger charge is 2.26. The van der Waals surface area contributed by atoms with E-state index in [9.17, 15) is 4.79 Å². The Balaban J connectivity index is 1.52. The van der Waals surface area contributed by atoms with Crippen molar-refractivity contribution in [2.45, 2.75) is 19.6 Å². The van der Waals surface area contributed by atoms with Crippen LogP contribution in [0.4, 0.5) is 0 Å². The number of rotatable bonds is 4. The average molecular weight is 473 g/mol. The number of H-pyrrole nitrogens is 1. The third-order valence-electron chi connectivity index (χ3n) is 4.99. The van der Waals surface area contributed by atoms with Gasteiger partial charge in [0.1, 0.15) is 12.6 Å². The molecule has 1 aliphatic heterocycles. The summed E-state index contributed by atoms with van der Waals surface area (Å²) in [7, 11) is 0. The molecule has 2 aromatic carbocycles. The topological polar surface area (TPSA) is 63.2 Å². The van der Waals surface area contributed by atoms with Crippen molar-refractivity contribution >= 4 is 34.1 Å². The van der Waals surface area contributed by atoms with Gasteiger partial charge in [0.05, 0.1) is 13.2 Å². The summed E-state index contributed by atoms with van der Waals surface area (Å²) in [6, 6.07) is 16.0. The number of morpholine rings is 1. The Bertz CT molecular complexity index is 1080. The highest BCUT2D eigenvalue weighted by Crippen LogP contribution is 2.24. The van der Waals surface area contributed by atoms with E-state index in [4.69, 9.17) is 17.0 Å². The number of halogens is 1. The van der Waals surface area contributed by atoms with Crippen LogP contribution in [0.3, 0.4) is 0 Å². The Kier molecular flexibility index (Phi) is 5.94. The minimum atomic E-state index is -0.130. The first kappa shape index (κ1) is 20.0. The van der Waals surface area contributed by atoms with Gasteiger partial charge in [0.2, 0.25) is 5.91 Å². The number of nitrogens with one attached hydrogen (secondary N) is 1. The molecule has 0 spiro atoms. The molecule has 8 heteroatoms. The molecule has 4 rings (SSSR count). The number of ether oxygens (including phenoxy) is 1. The van der Waals surface area contributed by atoms with Crippen LogP contribution in [0.1, 0.15) is 17.2 Å². The van der Waals surface area contributed by atoms with Crippen molar-refractivity contribution in [3.8, 4) is 11.4 Å². The van der Waals surface area contributed by atoms with Crippen LogP contribution in [-0.4, -0.2) is 45.3 Å². The van der Waals surface area contributed by atoms with Crippen LogP contribution in [0.25, 0.3) is 11.4 Å². The Hall–Kier alpha value is -2.29. The van der Waals surface area contributed by atoms with Crippen molar-refractivity contribution in [3.63, 3.8) is 0 Å². The van der Waals surface area contributed by atoms with Gasteiger partial charge >= 0.3 is 0 Å². The lowest BCUT2D eigenvalue weighted by Crippen LogP contribution is -2.43. The number of carbonyl (C=O) groups is 1. The lowest BCUT2D eigenvalue weighted by Gasteiger charge is -2.33. The SMILES string of the molecule is Cc1cccc(-c2n[nH]c(=S)n2CC(=O)N2CCOC(c3ccc(Br)cc3)C2)c1. The van der Waals surface area contributed by atoms with E-state index < -0.39 is 0 Å². The molecular weight excluding hydrogens is 452 g/mol. The molecule has 3 aromatic rings. The number of hydrogen-bond acceptors (Lipinski definition) is 4. The maximum atomic E-state index is 13.1. The average Bonchev–Trinajstić information content (AvgIpc) is 3.09. The Morgan fingerprint density at radius 3 is 2.86 bits per heavy atom. The number of hydrogen-bond donors (Lipinski definition) is 1. The molecule has 0 bridgehead atoms. The van der Waals surface area contributed by atoms with E-state index in [1.54, 1.807) is 4.57 Å². The predicted molar refractivity (Wildman–Crippen MR) is 117 cm³/mol. The van der Waals surface area contributed by atoms with Crippen molar-refractivity contribution in [1.29, 1.82) is 0 Å². The normalized spacial score (nSPS) is 16.8. The molecule has 2 heterocycles. The van der Waals surface area contributed by atoms with Crippen molar-refractivity contribution in [2.75, 3.05) is 19.7 Å². The van der Waals surface area contributed by atoms with Gasteiger partial charge in [0.15, 0.2) is 10.6 Å². The summed E-state index contributed by atoms with van der Waals surface area (Å²) in [6.45, 7) is 3.76. The fourth-order valence-corrected chi connectivity index (χ4v) is 3.92. The fourth-order valence-electron chi connectivity index (χ4n) is 3.46. The van der Waals surface area contributed by atoms with Gasteiger partial charge in [-0.25, -0.2) is 0 Å². The van der Waals surface area contributed by atoms with Gasteiger partial charge in [-0.1, -0.05) is 51.8 Å². The summed E-state index contributed by atoms with van der Waals surface area (Å²) in [5, 5.41) is 7.16. The quantitative estimate of drug-likeness (QED) is 0.575. The zero-order valence-electron chi connectivity index (χ0n) is 16.0. The van der Waals surface area contributed by atoms with Gasteiger partial charge in [-0.05, 0) is 42.9 Å². The number of carbonyl (C=O) groups excluding carboxylic acids is 1. The number of aromatic nitrogens is 3. The Morgan fingerprint density at radius 1 is 1.31 bits per heavy atom. The molecule has 1 aromatic heterocycles. The molecule has 6 nitrogen and oxygen atoms in total. The molecule has 1 fully saturated rings. The second kappa shape index (κ2) is 8.61. The lowest BCUT2D eigenvalue weighted by atomic mass is 10.1. The molecule has 0 radical (unpaired) electrons. The van der Waals surface area contributed by atoms with E-state index in [1.165, 1.54) is 0 Å². The molecule has 1 saturated heterocycles.